The van der Waals surface area contributed by atoms with E-state index in [1.165, 1.54) is 11.3 Å². The molecule has 0 aliphatic carbocycles. The Morgan fingerprint density at radius 1 is 1.19 bits per heavy atom. The summed E-state index contributed by atoms with van der Waals surface area (Å²) in [4.78, 5) is 14.2. The summed E-state index contributed by atoms with van der Waals surface area (Å²) in [5, 5.41) is 3.13. The van der Waals surface area contributed by atoms with E-state index in [0.717, 1.165) is 0 Å². The van der Waals surface area contributed by atoms with Gasteiger partial charge in [-0.3, -0.25) is 4.79 Å². The zero-order valence-electron chi connectivity index (χ0n) is 11.3. The van der Waals surface area contributed by atoms with Crippen LogP contribution in [0.15, 0.2) is 52.1 Å². The molecular weight excluding hydrogens is 306 g/mol. The van der Waals surface area contributed by atoms with E-state index in [1.54, 1.807) is 46.7 Å². The maximum Gasteiger partial charge on any atom is 0.254 e. The average Bonchev–Trinajstić information content (AvgIpc) is 3.19. The van der Waals surface area contributed by atoms with E-state index < -0.39 is 15.1 Å². The minimum absolute atomic E-state index is 0.0815. The Bertz CT molecular complexity index is 724. The minimum Gasteiger partial charge on any atom is -0.337 e. The van der Waals surface area contributed by atoms with Gasteiger partial charge in [-0.25, -0.2) is 8.42 Å². The van der Waals surface area contributed by atoms with Crippen LogP contribution in [0, 0.1) is 0 Å². The van der Waals surface area contributed by atoms with Gasteiger partial charge in [0.2, 0.25) is 0 Å². The molecule has 0 spiro atoms. The zero-order valence-corrected chi connectivity index (χ0v) is 12.9. The molecule has 3 rings (SSSR count). The predicted molar refractivity (Wildman–Crippen MR) is 82.3 cm³/mol. The number of carbonyl (C=O) groups excluding carboxylic acids is 1. The lowest BCUT2D eigenvalue weighted by Crippen LogP contribution is -2.31. The maximum absolute atomic E-state index is 12.6. The maximum atomic E-state index is 12.6. The summed E-state index contributed by atoms with van der Waals surface area (Å²) in [5.74, 6) is -0.0815. The lowest BCUT2D eigenvalue weighted by molar-refractivity contribution is 0.0793. The molecule has 0 radical (unpaired) electrons. The van der Waals surface area contributed by atoms with Gasteiger partial charge in [0.1, 0.15) is 0 Å². The van der Waals surface area contributed by atoms with E-state index >= 15 is 0 Å². The molecule has 1 aliphatic heterocycles. The second-order valence-corrected chi connectivity index (χ2v) is 8.04. The van der Waals surface area contributed by atoms with Crippen molar-refractivity contribution in [1.29, 1.82) is 0 Å². The number of hydrogen-bond donors (Lipinski definition) is 0. The quantitative estimate of drug-likeness (QED) is 0.872. The van der Waals surface area contributed by atoms with Crippen molar-refractivity contribution in [3.8, 4) is 0 Å². The van der Waals surface area contributed by atoms with E-state index in [1.807, 2.05) is 5.38 Å². The summed E-state index contributed by atoms with van der Waals surface area (Å²) >= 11 is 1.46. The Morgan fingerprint density at radius 3 is 2.62 bits per heavy atom. The van der Waals surface area contributed by atoms with E-state index in [2.05, 4.69) is 0 Å². The van der Waals surface area contributed by atoms with Gasteiger partial charge in [0.25, 0.3) is 5.91 Å². The lowest BCUT2D eigenvalue weighted by Gasteiger charge is -2.16. The molecule has 2 aromatic rings. The topological polar surface area (TPSA) is 54.5 Å². The largest absolute Gasteiger partial charge is 0.337 e. The van der Waals surface area contributed by atoms with Crippen molar-refractivity contribution in [3.05, 3.63) is 52.7 Å². The highest BCUT2D eigenvalue weighted by molar-refractivity contribution is 7.92. The van der Waals surface area contributed by atoms with Gasteiger partial charge in [-0.15, -0.1) is 0 Å². The highest BCUT2D eigenvalue weighted by Crippen LogP contribution is 2.25. The van der Waals surface area contributed by atoms with Gasteiger partial charge in [0.05, 0.1) is 15.7 Å². The van der Waals surface area contributed by atoms with Crippen molar-refractivity contribution in [2.45, 2.75) is 16.6 Å². The first-order valence-corrected chi connectivity index (χ1v) is 9.18. The van der Waals surface area contributed by atoms with E-state index in [4.69, 9.17) is 0 Å². The summed E-state index contributed by atoms with van der Waals surface area (Å²) in [6.07, 6.45) is 0.493. The molecule has 1 atom stereocenters. The van der Waals surface area contributed by atoms with Gasteiger partial charge in [0, 0.05) is 18.5 Å². The third kappa shape index (κ3) is 2.73. The predicted octanol–water partition coefficient (Wildman–Crippen LogP) is 2.44. The number of amides is 1. The van der Waals surface area contributed by atoms with Crippen LogP contribution in [0.25, 0.3) is 0 Å². The molecule has 21 heavy (non-hydrogen) atoms. The van der Waals surface area contributed by atoms with Crippen molar-refractivity contribution in [2.24, 2.45) is 0 Å². The van der Waals surface area contributed by atoms with Gasteiger partial charge < -0.3 is 4.90 Å². The van der Waals surface area contributed by atoms with Gasteiger partial charge in [-0.2, -0.15) is 11.3 Å². The summed E-state index contributed by atoms with van der Waals surface area (Å²) < 4.78 is 25.1. The summed E-state index contributed by atoms with van der Waals surface area (Å²) in [6.45, 7) is 0.761. The molecule has 4 nitrogen and oxygen atoms in total. The van der Waals surface area contributed by atoms with Gasteiger partial charge >= 0.3 is 0 Å². The van der Waals surface area contributed by atoms with Crippen LogP contribution < -0.4 is 0 Å². The van der Waals surface area contributed by atoms with Crippen LogP contribution in [0.2, 0.25) is 0 Å². The van der Waals surface area contributed by atoms with Gasteiger partial charge in [-0.1, -0.05) is 18.2 Å². The Balaban J connectivity index is 1.77. The number of thiophene rings is 1. The summed E-state index contributed by atoms with van der Waals surface area (Å²) in [6, 6.07) is 10.2. The standard InChI is InChI=1S/C15H15NO3S2/c17-15(12-7-9-20-11-12)16-8-6-14(10-16)21(18,19)13-4-2-1-3-5-13/h1-5,7,9,11,14H,6,8,10H2/t14-/m1/s1. The highest BCUT2D eigenvalue weighted by atomic mass is 32.2. The molecule has 1 saturated heterocycles. The van der Waals surface area contributed by atoms with Crippen molar-refractivity contribution in [3.63, 3.8) is 0 Å². The molecule has 2 heterocycles. The third-order valence-corrected chi connectivity index (χ3v) is 6.59. The van der Waals surface area contributed by atoms with Crippen LogP contribution in [0.3, 0.4) is 0 Å². The Labute approximate surface area is 127 Å². The SMILES string of the molecule is O=C(c1ccsc1)N1CC[C@@H](S(=O)(=O)c2ccccc2)C1. The first kappa shape index (κ1) is 14.3. The number of likely N-dealkylation sites (tertiary alicyclic amines) is 1. The molecule has 0 unspecified atom stereocenters. The van der Waals surface area contributed by atoms with E-state index in [9.17, 15) is 13.2 Å². The summed E-state index contributed by atoms with van der Waals surface area (Å²) in [7, 11) is -3.37. The number of hydrogen-bond acceptors (Lipinski definition) is 4. The molecule has 1 fully saturated rings. The van der Waals surface area contributed by atoms with Crippen LogP contribution >= 0.6 is 11.3 Å². The van der Waals surface area contributed by atoms with Crippen LogP contribution in [0.4, 0.5) is 0 Å². The molecule has 1 aliphatic rings. The number of carbonyl (C=O) groups is 1. The zero-order chi connectivity index (χ0) is 14.9. The van der Waals surface area contributed by atoms with Crippen LogP contribution in [-0.2, 0) is 9.84 Å². The fourth-order valence-electron chi connectivity index (χ4n) is 2.54. The fourth-order valence-corrected chi connectivity index (χ4v) is 4.88. The van der Waals surface area contributed by atoms with Crippen LogP contribution in [-0.4, -0.2) is 37.6 Å². The Morgan fingerprint density at radius 2 is 1.95 bits per heavy atom. The molecule has 0 N–H and O–H groups in total. The van der Waals surface area contributed by atoms with E-state index in [-0.39, 0.29) is 12.5 Å². The van der Waals surface area contributed by atoms with E-state index in [0.29, 0.717) is 23.4 Å². The van der Waals surface area contributed by atoms with Crippen LogP contribution in [0.1, 0.15) is 16.8 Å². The minimum atomic E-state index is -3.37. The second kappa shape index (κ2) is 5.61. The van der Waals surface area contributed by atoms with Crippen molar-refractivity contribution in [1.82, 2.24) is 4.90 Å². The Hall–Kier alpha value is -1.66. The molecule has 6 heteroatoms. The fraction of sp³-hybridized carbons (Fsp3) is 0.267. The monoisotopic (exact) mass is 321 g/mol. The lowest BCUT2D eigenvalue weighted by atomic mass is 10.3. The molecule has 1 amide bonds. The molecular formula is C15H15NO3S2. The first-order valence-electron chi connectivity index (χ1n) is 6.69. The normalized spacial score (nSPS) is 18.9. The summed E-state index contributed by atoms with van der Waals surface area (Å²) in [5.41, 5.74) is 0.637. The van der Waals surface area contributed by atoms with Crippen molar-refractivity contribution in [2.75, 3.05) is 13.1 Å². The highest BCUT2D eigenvalue weighted by Gasteiger charge is 2.36. The third-order valence-electron chi connectivity index (χ3n) is 3.71. The van der Waals surface area contributed by atoms with Crippen molar-refractivity contribution < 1.29 is 13.2 Å². The molecule has 0 bridgehead atoms. The second-order valence-electron chi connectivity index (χ2n) is 5.03. The van der Waals surface area contributed by atoms with Gasteiger partial charge in [-0.05, 0) is 30.0 Å². The van der Waals surface area contributed by atoms with Crippen LogP contribution in [0.5, 0.6) is 0 Å². The molecule has 1 aromatic carbocycles. The van der Waals surface area contributed by atoms with Crippen molar-refractivity contribution >= 4 is 27.1 Å². The molecule has 1 aromatic heterocycles. The molecule has 110 valence electrons. The smallest absolute Gasteiger partial charge is 0.254 e. The molecule has 0 saturated carbocycles. The number of benzene rings is 1. The number of rotatable bonds is 3. The number of nitrogens with zero attached hydrogens (tertiary/aromatic N) is 1. The first-order chi connectivity index (χ1) is 10.1. The number of sulfone groups is 1. The Kier molecular flexibility index (Phi) is 3.82. The average molecular weight is 321 g/mol. The van der Waals surface area contributed by atoms with Gasteiger partial charge in [0.15, 0.2) is 9.84 Å².